The third-order valence-electron chi connectivity index (χ3n) is 2.88. The fourth-order valence-electron chi connectivity index (χ4n) is 2.03. The molecule has 0 aliphatic heterocycles. The van der Waals surface area contributed by atoms with Crippen LogP contribution in [0.15, 0.2) is 12.1 Å². The van der Waals surface area contributed by atoms with E-state index >= 15 is 0 Å². The van der Waals surface area contributed by atoms with Crippen molar-refractivity contribution in [3.05, 3.63) is 34.0 Å². The number of H-pyrrole nitrogens is 1. The molecule has 0 unspecified atom stereocenters. The van der Waals surface area contributed by atoms with Crippen molar-refractivity contribution in [1.29, 1.82) is 0 Å². The monoisotopic (exact) mass is 222 g/mol. The number of aryl methyl sites for hydroxylation is 2. The Kier molecular flexibility index (Phi) is 2.72. The zero-order chi connectivity index (χ0) is 11.0. The summed E-state index contributed by atoms with van der Waals surface area (Å²) >= 11 is 6.08. The Hall–Kier alpha value is -0.990. The van der Waals surface area contributed by atoms with Crippen molar-refractivity contribution in [2.75, 3.05) is 6.54 Å². The van der Waals surface area contributed by atoms with E-state index in [4.69, 9.17) is 17.3 Å². The lowest BCUT2D eigenvalue weighted by Gasteiger charge is -2.01. The SMILES string of the molecule is Cc1[nH]c2c(C)c(Cl)ccc2c1CCN. The molecule has 0 saturated carbocycles. The number of fused-ring (bicyclic) bond motifs is 1. The third kappa shape index (κ3) is 1.64. The summed E-state index contributed by atoms with van der Waals surface area (Å²) < 4.78 is 0. The van der Waals surface area contributed by atoms with Gasteiger partial charge < -0.3 is 10.7 Å². The van der Waals surface area contributed by atoms with E-state index in [1.165, 1.54) is 16.6 Å². The summed E-state index contributed by atoms with van der Waals surface area (Å²) in [5, 5.41) is 2.06. The molecule has 1 aromatic heterocycles. The number of aromatic amines is 1. The number of hydrogen-bond acceptors (Lipinski definition) is 1. The largest absolute Gasteiger partial charge is 0.358 e. The maximum atomic E-state index is 6.08. The number of nitrogens with two attached hydrogens (primary N) is 1. The van der Waals surface area contributed by atoms with Crippen molar-refractivity contribution >= 4 is 22.5 Å². The molecule has 3 N–H and O–H groups in total. The van der Waals surface area contributed by atoms with Crippen LogP contribution in [-0.2, 0) is 6.42 Å². The van der Waals surface area contributed by atoms with E-state index in [0.717, 1.165) is 22.5 Å². The van der Waals surface area contributed by atoms with Crippen molar-refractivity contribution < 1.29 is 0 Å². The molecular weight excluding hydrogens is 208 g/mol. The topological polar surface area (TPSA) is 41.8 Å². The second-order valence-corrected chi connectivity index (χ2v) is 4.27. The molecule has 15 heavy (non-hydrogen) atoms. The molecule has 0 aliphatic rings. The molecule has 0 spiro atoms. The quantitative estimate of drug-likeness (QED) is 0.806. The average molecular weight is 223 g/mol. The van der Waals surface area contributed by atoms with Gasteiger partial charge in [-0.15, -0.1) is 0 Å². The van der Waals surface area contributed by atoms with Gasteiger partial charge in [-0.1, -0.05) is 17.7 Å². The van der Waals surface area contributed by atoms with Crippen molar-refractivity contribution in [2.24, 2.45) is 5.73 Å². The number of halogens is 1. The summed E-state index contributed by atoms with van der Waals surface area (Å²) in [4.78, 5) is 3.38. The highest BCUT2D eigenvalue weighted by Crippen LogP contribution is 2.29. The summed E-state index contributed by atoms with van der Waals surface area (Å²) in [5.74, 6) is 0. The van der Waals surface area contributed by atoms with Gasteiger partial charge in [0.25, 0.3) is 0 Å². The summed E-state index contributed by atoms with van der Waals surface area (Å²) in [6.07, 6.45) is 0.910. The van der Waals surface area contributed by atoms with Gasteiger partial charge in [0.05, 0.1) is 5.52 Å². The van der Waals surface area contributed by atoms with Crippen LogP contribution in [0.1, 0.15) is 16.8 Å². The van der Waals surface area contributed by atoms with Crippen LogP contribution in [0.2, 0.25) is 5.02 Å². The molecule has 1 heterocycles. The molecule has 2 rings (SSSR count). The number of benzene rings is 1. The fourth-order valence-corrected chi connectivity index (χ4v) is 2.19. The van der Waals surface area contributed by atoms with Crippen molar-refractivity contribution in [1.82, 2.24) is 4.98 Å². The molecule has 0 radical (unpaired) electrons. The zero-order valence-corrected chi connectivity index (χ0v) is 9.78. The standard InChI is InChI=1S/C12H15ClN2/c1-7-11(13)4-3-10-9(5-6-14)8(2)15-12(7)10/h3-4,15H,5-6,14H2,1-2H3. The molecule has 0 aliphatic carbocycles. The predicted molar refractivity (Wildman–Crippen MR) is 65.5 cm³/mol. The van der Waals surface area contributed by atoms with Crippen molar-refractivity contribution in [3.63, 3.8) is 0 Å². The van der Waals surface area contributed by atoms with Crippen molar-refractivity contribution in [3.8, 4) is 0 Å². The molecule has 3 heteroatoms. The van der Waals surface area contributed by atoms with Gasteiger partial charge in [-0.25, -0.2) is 0 Å². The normalized spacial score (nSPS) is 11.2. The first-order valence-corrected chi connectivity index (χ1v) is 5.49. The lowest BCUT2D eigenvalue weighted by Crippen LogP contribution is -2.03. The summed E-state index contributed by atoms with van der Waals surface area (Å²) in [7, 11) is 0. The molecule has 0 bridgehead atoms. The number of rotatable bonds is 2. The number of nitrogens with one attached hydrogen (secondary N) is 1. The molecular formula is C12H15ClN2. The van der Waals surface area contributed by atoms with Gasteiger partial charge in [0.2, 0.25) is 0 Å². The maximum Gasteiger partial charge on any atom is 0.0503 e. The molecule has 2 aromatic rings. The number of aromatic nitrogens is 1. The van der Waals surface area contributed by atoms with Gasteiger partial charge in [0.15, 0.2) is 0 Å². The van der Waals surface area contributed by atoms with Crippen LogP contribution in [0, 0.1) is 13.8 Å². The molecule has 2 nitrogen and oxygen atoms in total. The molecule has 1 aromatic carbocycles. The van der Waals surface area contributed by atoms with E-state index in [2.05, 4.69) is 18.0 Å². The summed E-state index contributed by atoms with van der Waals surface area (Å²) in [6, 6.07) is 4.02. The van der Waals surface area contributed by atoms with Gasteiger partial charge in [0.1, 0.15) is 0 Å². The highest BCUT2D eigenvalue weighted by atomic mass is 35.5. The van der Waals surface area contributed by atoms with Gasteiger partial charge in [0, 0.05) is 16.1 Å². The van der Waals surface area contributed by atoms with E-state index in [0.29, 0.717) is 6.54 Å². The Morgan fingerprint density at radius 3 is 2.73 bits per heavy atom. The van der Waals surface area contributed by atoms with Gasteiger partial charge in [-0.3, -0.25) is 0 Å². The molecule has 0 saturated heterocycles. The number of hydrogen-bond donors (Lipinski definition) is 2. The molecule has 0 amide bonds. The Morgan fingerprint density at radius 1 is 1.33 bits per heavy atom. The van der Waals surface area contributed by atoms with E-state index in [-0.39, 0.29) is 0 Å². The highest BCUT2D eigenvalue weighted by Gasteiger charge is 2.10. The van der Waals surface area contributed by atoms with E-state index < -0.39 is 0 Å². The Bertz CT molecular complexity index is 500. The van der Waals surface area contributed by atoms with Crippen molar-refractivity contribution in [2.45, 2.75) is 20.3 Å². The summed E-state index contributed by atoms with van der Waals surface area (Å²) in [6.45, 7) is 4.79. The average Bonchev–Trinajstić information content (AvgIpc) is 2.52. The van der Waals surface area contributed by atoms with Crippen LogP contribution in [-0.4, -0.2) is 11.5 Å². The predicted octanol–water partition coefficient (Wildman–Crippen LogP) is 2.94. The fraction of sp³-hybridized carbons (Fsp3) is 0.333. The first-order valence-electron chi connectivity index (χ1n) is 5.11. The van der Waals surface area contributed by atoms with Crippen LogP contribution < -0.4 is 5.73 Å². The molecule has 0 atom stereocenters. The van der Waals surface area contributed by atoms with E-state index in [9.17, 15) is 0 Å². The summed E-state index contributed by atoms with van der Waals surface area (Å²) in [5.41, 5.74) is 10.4. The van der Waals surface area contributed by atoms with Crippen LogP contribution in [0.3, 0.4) is 0 Å². The van der Waals surface area contributed by atoms with E-state index in [1.807, 2.05) is 13.0 Å². The maximum absolute atomic E-state index is 6.08. The highest BCUT2D eigenvalue weighted by molar-refractivity contribution is 6.32. The second kappa shape index (κ2) is 3.87. The first kappa shape index (κ1) is 10.5. The molecule has 80 valence electrons. The van der Waals surface area contributed by atoms with Crippen LogP contribution in [0.25, 0.3) is 10.9 Å². The van der Waals surface area contributed by atoms with Crippen LogP contribution in [0.5, 0.6) is 0 Å². The van der Waals surface area contributed by atoms with Gasteiger partial charge in [-0.2, -0.15) is 0 Å². The Morgan fingerprint density at radius 2 is 2.07 bits per heavy atom. The minimum Gasteiger partial charge on any atom is -0.358 e. The zero-order valence-electron chi connectivity index (χ0n) is 9.02. The molecule has 0 fully saturated rings. The minimum atomic E-state index is 0.676. The third-order valence-corrected chi connectivity index (χ3v) is 3.29. The Balaban J connectivity index is 2.73. The van der Waals surface area contributed by atoms with Crippen LogP contribution >= 0.6 is 11.6 Å². The lowest BCUT2D eigenvalue weighted by molar-refractivity contribution is 0.963. The van der Waals surface area contributed by atoms with Gasteiger partial charge in [-0.05, 0) is 44.0 Å². The minimum absolute atomic E-state index is 0.676. The second-order valence-electron chi connectivity index (χ2n) is 3.86. The van der Waals surface area contributed by atoms with Crippen LogP contribution in [0.4, 0.5) is 0 Å². The lowest BCUT2D eigenvalue weighted by atomic mass is 10.1. The first-order chi connectivity index (χ1) is 7.15. The smallest absolute Gasteiger partial charge is 0.0503 e. The van der Waals surface area contributed by atoms with E-state index in [1.54, 1.807) is 0 Å². The van der Waals surface area contributed by atoms with Gasteiger partial charge >= 0.3 is 0 Å². The Labute approximate surface area is 94.4 Å².